The Morgan fingerprint density at radius 2 is 1.40 bits per heavy atom. The zero-order valence-electron chi connectivity index (χ0n) is 17.0. The molecule has 2 aliphatic carbocycles. The van der Waals surface area contributed by atoms with E-state index < -0.39 is 17.7 Å². The molecule has 156 valence electrons. The summed E-state index contributed by atoms with van der Waals surface area (Å²) in [4.78, 5) is 13.2. The number of hydrogen-bond donors (Lipinski definition) is 1. The Kier molecular flexibility index (Phi) is 10.3. The number of rotatable bonds is 5. The minimum atomic E-state index is -2.22. The summed E-state index contributed by atoms with van der Waals surface area (Å²) in [5.74, 6) is 0.478. The van der Waals surface area contributed by atoms with Crippen LogP contribution in [0.15, 0.2) is 82.8 Å². The molecule has 1 amide bonds. The van der Waals surface area contributed by atoms with Crippen molar-refractivity contribution in [1.82, 2.24) is 3.80 Å². The number of nitrogens with one attached hydrogen (secondary N) is 1. The maximum atomic E-state index is 13.2. The Morgan fingerprint density at radius 3 is 1.90 bits per heavy atom. The van der Waals surface area contributed by atoms with E-state index in [1.165, 1.54) is 38.1 Å². The first-order valence-corrected chi connectivity index (χ1v) is 12.7. The average Bonchev–Trinajstić information content (AvgIpc) is 3.30. The van der Waals surface area contributed by atoms with Gasteiger partial charge in [-0.3, -0.25) is 0 Å². The normalized spacial score (nSPS) is 15.1. The van der Waals surface area contributed by atoms with Gasteiger partial charge in [0.25, 0.3) is 0 Å². The van der Waals surface area contributed by atoms with E-state index in [2.05, 4.69) is 82.7 Å². The van der Waals surface area contributed by atoms with E-state index in [0.717, 1.165) is 19.3 Å². The van der Waals surface area contributed by atoms with E-state index >= 15 is 0 Å². The number of halogens is 2. The summed E-state index contributed by atoms with van der Waals surface area (Å²) in [6.07, 6.45) is 13.3. The Labute approximate surface area is 198 Å². The standard InChI is InChI=1S/C13H10.C7H13NO.C5H5.2ClH.Ti/c1-3-7-12(8-4-1)11-13-9-5-2-6-10-13;8-7(9)6-4-2-1-3-5-6;1-2-4-5-3-1;;;/h1-10H;6H,1-5H2,(H2,8,9);1-3H,4H2;2*1H;/q;;;;;+3/p-3. The van der Waals surface area contributed by atoms with Gasteiger partial charge in [-0.25, -0.2) is 0 Å². The van der Waals surface area contributed by atoms with Crippen LogP contribution in [-0.4, -0.2) is 9.72 Å². The summed E-state index contributed by atoms with van der Waals surface area (Å²) in [5, 5.41) is 0. The minimum absolute atomic E-state index is 0. The van der Waals surface area contributed by atoms with Crippen molar-refractivity contribution < 1.29 is 47.3 Å². The van der Waals surface area contributed by atoms with E-state index in [0.29, 0.717) is 0 Å². The molecule has 5 heteroatoms. The van der Waals surface area contributed by atoms with Crippen molar-refractivity contribution in [3.05, 3.63) is 93.9 Å². The fourth-order valence-corrected chi connectivity index (χ4v) is 8.18. The maximum absolute atomic E-state index is 13.2. The van der Waals surface area contributed by atoms with Crippen molar-refractivity contribution in [1.29, 1.82) is 0 Å². The second-order valence-electron chi connectivity index (χ2n) is 7.63. The second kappa shape index (κ2) is 12.4. The van der Waals surface area contributed by atoms with Gasteiger partial charge in [-0.2, -0.15) is 0 Å². The number of hydrogen-bond acceptors (Lipinski definition) is 1. The van der Waals surface area contributed by atoms with Crippen LogP contribution >= 0.6 is 0 Å². The molecular weight excluding hydrogens is 449 g/mol. The number of carbonyl (C=O) groups excluding carboxylic acids is 1. The Morgan fingerprint density at radius 1 is 0.833 bits per heavy atom. The largest absolute Gasteiger partial charge is 1.00 e. The zero-order valence-corrected chi connectivity index (χ0v) is 20.1. The van der Waals surface area contributed by atoms with Crippen LogP contribution in [0, 0.1) is 5.92 Å². The van der Waals surface area contributed by atoms with Gasteiger partial charge in [0.05, 0.1) is 0 Å². The Balaban J connectivity index is 0.00000160. The molecule has 2 aromatic rings. The van der Waals surface area contributed by atoms with Crippen LogP contribution in [0.5, 0.6) is 0 Å². The van der Waals surface area contributed by atoms with Crippen molar-refractivity contribution in [3.63, 3.8) is 0 Å². The van der Waals surface area contributed by atoms with Crippen LogP contribution in [-0.2, 0) is 22.5 Å². The van der Waals surface area contributed by atoms with Gasteiger partial charge in [0.15, 0.2) is 0 Å². The zero-order chi connectivity index (χ0) is 19.2. The Hall–Kier alpha value is -1.45. The summed E-state index contributed by atoms with van der Waals surface area (Å²) in [6.45, 7) is 0. The fourth-order valence-electron chi connectivity index (χ4n) is 4.19. The average molecular weight is 476 g/mol. The van der Waals surface area contributed by atoms with E-state index in [-0.39, 0.29) is 36.6 Å². The molecule has 0 aromatic heterocycles. The molecule has 1 fully saturated rings. The van der Waals surface area contributed by atoms with Gasteiger partial charge in [0.2, 0.25) is 0 Å². The van der Waals surface area contributed by atoms with Crippen molar-refractivity contribution in [2.24, 2.45) is 5.92 Å². The molecule has 0 aliphatic heterocycles. The number of benzene rings is 2. The molecule has 0 bridgehead atoms. The SMILES string of the molecule is O=C([NH][Ti+2]([C]1=CC=CC1)=[C](c1ccccc1)c1ccccc1)C1CCCCC1.[Cl-].[Cl-]. The molecule has 1 saturated carbocycles. The van der Waals surface area contributed by atoms with Crippen LogP contribution in [0.25, 0.3) is 0 Å². The predicted molar refractivity (Wildman–Crippen MR) is 113 cm³/mol. The molecule has 1 N–H and O–H groups in total. The predicted octanol–water partition coefficient (Wildman–Crippen LogP) is -0.663. The van der Waals surface area contributed by atoms with Gasteiger partial charge in [-0.1, -0.05) is 0 Å². The summed E-state index contributed by atoms with van der Waals surface area (Å²) in [7, 11) is 0. The third kappa shape index (κ3) is 6.05. The molecule has 2 aromatic carbocycles. The molecule has 0 radical (unpaired) electrons. The fraction of sp³-hybridized carbons (Fsp3) is 0.280. The molecule has 0 spiro atoms. The van der Waals surface area contributed by atoms with Gasteiger partial charge in [0, 0.05) is 0 Å². The first-order chi connectivity index (χ1) is 13.8. The van der Waals surface area contributed by atoms with Gasteiger partial charge >= 0.3 is 174 Å². The van der Waals surface area contributed by atoms with Crippen LogP contribution in [0.4, 0.5) is 0 Å². The van der Waals surface area contributed by atoms with Crippen molar-refractivity contribution in [3.8, 4) is 0 Å². The summed E-state index contributed by atoms with van der Waals surface area (Å²) in [5.41, 5.74) is 2.47. The van der Waals surface area contributed by atoms with E-state index in [9.17, 15) is 4.79 Å². The molecular formula is C25H27Cl2NOTi. The minimum Gasteiger partial charge on any atom is -1.00 e. The monoisotopic (exact) mass is 475 g/mol. The van der Waals surface area contributed by atoms with Crippen LogP contribution in [0.2, 0.25) is 0 Å². The summed E-state index contributed by atoms with van der Waals surface area (Å²) >= 11 is -2.22. The number of carbonyl (C=O) groups is 1. The van der Waals surface area contributed by atoms with Gasteiger partial charge in [-0.15, -0.1) is 0 Å². The topological polar surface area (TPSA) is 29.1 Å². The van der Waals surface area contributed by atoms with Crippen molar-refractivity contribution in [2.45, 2.75) is 38.5 Å². The number of allylic oxidation sites excluding steroid dienone is 4. The van der Waals surface area contributed by atoms with E-state index in [1.54, 1.807) is 0 Å². The third-order valence-corrected chi connectivity index (χ3v) is 9.73. The van der Waals surface area contributed by atoms with Crippen LogP contribution < -0.4 is 28.6 Å². The molecule has 30 heavy (non-hydrogen) atoms. The van der Waals surface area contributed by atoms with E-state index in [4.69, 9.17) is 0 Å². The molecule has 0 saturated heterocycles. The number of amides is 1. The molecule has 0 unspecified atom stereocenters. The van der Waals surface area contributed by atoms with E-state index in [1.807, 2.05) is 0 Å². The maximum Gasteiger partial charge on any atom is -1.00 e. The molecule has 0 atom stereocenters. The second-order valence-corrected chi connectivity index (χ2v) is 11.0. The van der Waals surface area contributed by atoms with Crippen molar-refractivity contribution >= 4 is 9.72 Å². The Bertz CT molecular complexity index is 875. The third-order valence-electron chi connectivity index (χ3n) is 5.69. The molecule has 0 heterocycles. The summed E-state index contributed by atoms with van der Waals surface area (Å²) < 4.78 is 6.38. The van der Waals surface area contributed by atoms with Crippen LogP contribution in [0.3, 0.4) is 0 Å². The van der Waals surface area contributed by atoms with Crippen molar-refractivity contribution in [2.75, 3.05) is 0 Å². The first kappa shape index (κ1) is 24.8. The first-order valence-electron chi connectivity index (χ1n) is 10.3. The van der Waals surface area contributed by atoms with Gasteiger partial charge < -0.3 is 24.8 Å². The van der Waals surface area contributed by atoms with Gasteiger partial charge in [0.1, 0.15) is 0 Å². The molecule has 2 aliphatic rings. The summed E-state index contributed by atoms with van der Waals surface area (Å²) in [6, 6.07) is 21.2. The smallest absolute Gasteiger partial charge is 1.00 e. The quantitative estimate of drug-likeness (QED) is 0.571. The van der Waals surface area contributed by atoms with Crippen LogP contribution in [0.1, 0.15) is 49.7 Å². The molecule has 4 rings (SSSR count). The molecule has 2 nitrogen and oxygen atoms in total. The van der Waals surface area contributed by atoms with Gasteiger partial charge in [-0.05, 0) is 0 Å².